The van der Waals surface area contributed by atoms with Gasteiger partial charge in [0, 0.05) is 37.7 Å². The minimum atomic E-state index is -0.283. The van der Waals surface area contributed by atoms with E-state index in [2.05, 4.69) is 20.2 Å². The predicted molar refractivity (Wildman–Crippen MR) is 117 cm³/mol. The van der Waals surface area contributed by atoms with Gasteiger partial charge in [-0.3, -0.25) is 10.1 Å². The highest BCUT2D eigenvalue weighted by Crippen LogP contribution is 2.25. The molecule has 0 spiro atoms. The molecular formula is C22H25N5O3S. The van der Waals surface area contributed by atoms with Crippen molar-refractivity contribution in [2.24, 2.45) is 5.92 Å². The Kier molecular flexibility index (Phi) is 7.38. The summed E-state index contributed by atoms with van der Waals surface area (Å²) < 4.78 is 11.2. The molecule has 3 aromatic rings. The van der Waals surface area contributed by atoms with Gasteiger partial charge >= 0.3 is 6.09 Å². The van der Waals surface area contributed by atoms with Crippen molar-refractivity contribution in [3.8, 4) is 11.5 Å². The second-order valence-electron chi connectivity index (χ2n) is 7.32. The Labute approximate surface area is 185 Å². The number of ether oxygens (including phenoxy) is 2. The highest BCUT2D eigenvalue weighted by Gasteiger charge is 2.24. The first-order chi connectivity index (χ1) is 15.3. The van der Waals surface area contributed by atoms with Crippen LogP contribution in [0.25, 0.3) is 0 Å². The summed E-state index contributed by atoms with van der Waals surface area (Å²) in [7, 11) is 0. The molecule has 2 aromatic heterocycles. The van der Waals surface area contributed by atoms with Crippen molar-refractivity contribution in [1.82, 2.24) is 25.1 Å². The van der Waals surface area contributed by atoms with Crippen LogP contribution in [0.3, 0.4) is 0 Å². The van der Waals surface area contributed by atoms with Gasteiger partial charge in [0.1, 0.15) is 17.8 Å². The van der Waals surface area contributed by atoms with Crippen LogP contribution in [0.15, 0.2) is 60.3 Å². The Morgan fingerprint density at radius 2 is 1.87 bits per heavy atom. The number of nitrogens with one attached hydrogen (secondary N) is 1. The lowest BCUT2D eigenvalue weighted by Gasteiger charge is -2.30. The number of piperidine rings is 1. The number of rotatable bonds is 8. The average Bonchev–Trinajstić information content (AvgIpc) is 3.34. The van der Waals surface area contributed by atoms with E-state index in [1.165, 1.54) is 0 Å². The number of likely N-dealkylation sites (tertiary alicyclic amines) is 1. The normalized spacial score (nSPS) is 14.4. The van der Waals surface area contributed by atoms with Gasteiger partial charge in [0.25, 0.3) is 0 Å². The van der Waals surface area contributed by atoms with Gasteiger partial charge in [0.05, 0.1) is 6.61 Å². The fraction of sp³-hybridized carbons (Fsp3) is 0.364. The molecule has 0 saturated carbocycles. The molecule has 8 nitrogen and oxygen atoms in total. The monoisotopic (exact) mass is 439 g/mol. The summed E-state index contributed by atoms with van der Waals surface area (Å²) in [5.74, 6) is 2.89. The second-order valence-corrected chi connectivity index (χ2v) is 8.30. The molecule has 9 heteroatoms. The molecule has 4 rings (SSSR count). The molecular weight excluding hydrogens is 414 g/mol. The number of H-pyrrole nitrogens is 1. The molecule has 3 heterocycles. The van der Waals surface area contributed by atoms with E-state index >= 15 is 0 Å². The van der Waals surface area contributed by atoms with Gasteiger partial charge in [-0.25, -0.2) is 9.78 Å². The van der Waals surface area contributed by atoms with E-state index in [4.69, 9.17) is 9.47 Å². The summed E-state index contributed by atoms with van der Waals surface area (Å²) in [6, 6.07) is 11.3. The van der Waals surface area contributed by atoms with E-state index in [1.54, 1.807) is 35.4 Å². The summed E-state index contributed by atoms with van der Waals surface area (Å²) in [5.41, 5.74) is 1.12. The topological polar surface area (TPSA) is 93.2 Å². The summed E-state index contributed by atoms with van der Waals surface area (Å²) in [6.07, 6.45) is 7.41. The van der Waals surface area contributed by atoms with Crippen molar-refractivity contribution in [2.45, 2.75) is 24.4 Å². The molecule has 31 heavy (non-hydrogen) atoms. The van der Waals surface area contributed by atoms with Crippen molar-refractivity contribution in [3.63, 3.8) is 0 Å². The predicted octanol–water partition coefficient (Wildman–Crippen LogP) is 3.82. The number of carbonyl (C=O) groups is 1. The van der Waals surface area contributed by atoms with Crippen molar-refractivity contribution in [2.75, 3.05) is 25.4 Å². The molecule has 1 aromatic carbocycles. The van der Waals surface area contributed by atoms with Crippen LogP contribution >= 0.6 is 11.8 Å². The molecule has 162 valence electrons. The Morgan fingerprint density at radius 1 is 1.10 bits per heavy atom. The standard InChI is InChI=1S/C22H25N5O3S/c28-22(27-12-7-18(8-13-27)15-31-21-24-16-25-26-21)30-20-3-1-17(2-4-20)9-14-29-19-5-10-23-11-6-19/h1-6,10-11,16,18H,7-9,12-15H2,(H,24,25,26). The largest absolute Gasteiger partial charge is 0.493 e. The van der Waals surface area contributed by atoms with Crippen LogP contribution in [-0.2, 0) is 6.42 Å². The fourth-order valence-corrected chi connectivity index (χ4v) is 4.31. The Balaban J connectivity index is 1.16. The molecule has 0 aliphatic carbocycles. The highest BCUT2D eigenvalue weighted by atomic mass is 32.2. The van der Waals surface area contributed by atoms with Gasteiger partial charge in [-0.1, -0.05) is 23.9 Å². The number of amides is 1. The van der Waals surface area contributed by atoms with E-state index in [0.29, 0.717) is 31.4 Å². The van der Waals surface area contributed by atoms with Crippen LogP contribution in [0.2, 0.25) is 0 Å². The number of hydrogen-bond acceptors (Lipinski definition) is 7. The first kappa shape index (κ1) is 21.2. The lowest BCUT2D eigenvalue weighted by molar-refractivity contribution is 0.134. The quantitative estimate of drug-likeness (QED) is 0.533. The van der Waals surface area contributed by atoms with Crippen LogP contribution in [0, 0.1) is 5.92 Å². The zero-order valence-electron chi connectivity index (χ0n) is 17.1. The maximum absolute atomic E-state index is 12.5. The van der Waals surface area contributed by atoms with Gasteiger partial charge in [-0.2, -0.15) is 0 Å². The lowest BCUT2D eigenvalue weighted by Crippen LogP contribution is -2.40. The minimum absolute atomic E-state index is 0.283. The number of aromatic amines is 1. The number of nitrogens with zero attached hydrogens (tertiary/aromatic N) is 4. The Hall–Kier alpha value is -3.07. The molecule has 0 bridgehead atoms. The molecule has 0 radical (unpaired) electrons. The van der Waals surface area contributed by atoms with Gasteiger partial charge in [-0.05, 0) is 48.6 Å². The van der Waals surface area contributed by atoms with E-state index in [1.807, 2.05) is 36.4 Å². The molecule has 0 atom stereocenters. The minimum Gasteiger partial charge on any atom is -0.493 e. The van der Waals surface area contributed by atoms with Gasteiger partial charge in [0.2, 0.25) is 5.16 Å². The smallest absolute Gasteiger partial charge is 0.415 e. The summed E-state index contributed by atoms with van der Waals surface area (Å²) in [6.45, 7) is 2.00. The maximum Gasteiger partial charge on any atom is 0.415 e. The summed E-state index contributed by atoms with van der Waals surface area (Å²) >= 11 is 1.65. The third-order valence-electron chi connectivity index (χ3n) is 5.15. The first-order valence-corrected chi connectivity index (χ1v) is 11.3. The van der Waals surface area contributed by atoms with E-state index in [0.717, 1.165) is 41.5 Å². The lowest BCUT2D eigenvalue weighted by atomic mass is 9.99. The average molecular weight is 440 g/mol. The first-order valence-electron chi connectivity index (χ1n) is 10.3. The van der Waals surface area contributed by atoms with Crippen LogP contribution in [0.5, 0.6) is 11.5 Å². The van der Waals surface area contributed by atoms with Crippen LogP contribution < -0.4 is 9.47 Å². The number of aromatic nitrogens is 4. The SMILES string of the molecule is O=C(Oc1ccc(CCOc2ccncc2)cc1)N1CCC(CSc2nc[nH]n2)CC1. The molecule has 1 fully saturated rings. The Morgan fingerprint density at radius 3 is 2.58 bits per heavy atom. The molecule has 1 aliphatic heterocycles. The summed E-state index contributed by atoms with van der Waals surface area (Å²) in [4.78, 5) is 22.4. The van der Waals surface area contributed by atoms with E-state index < -0.39 is 0 Å². The van der Waals surface area contributed by atoms with Crippen molar-refractivity contribution < 1.29 is 14.3 Å². The zero-order chi connectivity index (χ0) is 21.3. The second kappa shape index (κ2) is 10.8. The number of thioether (sulfide) groups is 1. The molecule has 1 N–H and O–H groups in total. The van der Waals surface area contributed by atoms with Crippen molar-refractivity contribution in [3.05, 3.63) is 60.7 Å². The van der Waals surface area contributed by atoms with Crippen molar-refractivity contribution >= 4 is 17.9 Å². The van der Waals surface area contributed by atoms with Crippen molar-refractivity contribution in [1.29, 1.82) is 0 Å². The Bertz CT molecular complexity index is 930. The van der Waals surface area contributed by atoms with Gasteiger partial charge < -0.3 is 14.4 Å². The third kappa shape index (κ3) is 6.45. The fourth-order valence-electron chi connectivity index (χ4n) is 3.35. The molecule has 1 aliphatic rings. The number of benzene rings is 1. The van der Waals surface area contributed by atoms with E-state index in [-0.39, 0.29) is 6.09 Å². The number of hydrogen-bond donors (Lipinski definition) is 1. The molecule has 1 amide bonds. The summed E-state index contributed by atoms with van der Waals surface area (Å²) in [5, 5.41) is 7.56. The number of carbonyl (C=O) groups excluding carboxylic acids is 1. The highest BCUT2D eigenvalue weighted by molar-refractivity contribution is 7.99. The molecule has 1 saturated heterocycles. The maximum atomic E-state index is 12.5. The third-order valence-corrected chi connectivity index (χ3v) is 6.24. The van der Waals surface area contributed by atoms with Crippen LogP contribution in [0.1, 0.15) is 18.4 Å². The number of pyridine rings is 1. The van der Waals surface area contributed by atoms with E-state index in [9.17, 15) is 4.79 Å². The van der Waals surface area contributed by atoms with Gasteiger partial charge in [0.15, 0.2) is 0 Å². The van der Waals surface area contributed by atoms with Crippen LogP contribution in [0.4, 0.5) is 4.79 Å². The van der Waals surface area contributed by atoms with Crippen LogP contribution in [-0.4, -0.2) is 56.6 Å². The molecule has 0 unspecified atom stereocenters. The zero-order valence-corrected chi connectivity index (χ0v) is 18.0. The van der Waals surface area contributed by atoms with Gasteiger partial charge in [-0.15, -0.1) is 5.10 Å².